The molecular formula is C17H28N2O2. The summed E-state index contributed by atoms with van der Waals surface area (Å²) in [6.45, 7) is 4.90. The van der Waals surface area contributed by atoms with Crippen LogP contribution in [0.25, 0.3) is 0 Å². The third-order valence-corrected chi connectivity index (χ3v) is 3.49. The lowest BCUT2D eigenvalue weighted by Crippen LogP contribution is -2.38. The Morgan fingerprint density at radius 2 is 2.00 bits per heavy atom. The largest absolute Gasteiger partial charge is 0.385 e. The molecule has 1 rings (SSSR count). The molecule has 0 heterocycles. The lowest BCUT2D eigenvalue weighted by molar-refractivity contribution is -0.135. The molecule has 0 aliphatic rings. The summed E-state index contributed by atoms with van der Waals surface area (Å²) in [6.07, 6.45) is 1.95. The first-order valence-corrected chi connectivity index (χ1v) is 7.65. The molecule has 0 aliphatic carbocycles. The van der Waals surface area contributed by atoms with Crippen molar-refractivity contribution in [1.29, 1.82) is 0 Å². The Kier molecular flexibility index (Phi) is 8.71. The number of hydrogen-bond acceptors (Lipinski definition) is 3. The van der Waals surface area contributed by atoms with Crippen molar-refractivity contribution in [3.63, 3.8) is 0 Å². The summed E-state index contributed by atoms with van der Waals surface area (Å²) < 4.78 is 5.07. The van der Waals surface area contributed by atoms with E-state index in [2.05, 4.69) is 17.4 Å². The van der Waals surface area contributed by atoms with Crippen LogP contribution in [0.5, 0.6) is 0 Å². The number of unbranched alkanes of at least 4 members (excludes halogenated alkanes) is 1. The minimum Gasteiger partial charge on any atom is -0.385 e. The van der Waals surface area contributed by atoms with Crippen LogP contribution >= 0.6 is 0 Å². The number of rotatable bonds is 10. The van der Waals surface area contributed by atoms with Gasteiger partial charge in [0, 0.05) is 39.3 Å². The molecule has 1 amide bonds. The number of ether oxygens (including phenoxy) is 1. The van der Waals surface area contributed by atoms with Crippen molar-refractivity contribution in [2.75, 3.05) is 33.9 Å². The minimum absolute atomic E-state index is 0.00105. The van der Waals surface area contributed by atoms with Gasteiger partial charge in [-0.05, 0) is 25.5 Å². The maximum Gasteiger partial charge on any atom is 0.226 e. The molecule has 0 radical (unpaired) electrons. The molecule has 0 aliphatic heterocycles. The van der Waals surface area contributed by atoms with Gasteiger partial charge in [0.25, 0.3) is 0 Å². The van der Waals surface area contributed by atoms with E-state index in [0.717, 1.165) is 26.0 Å². The van der Waals surface area contributed by atoms with E-state index in [-0.39, 0.29) is 11.8 Å². The van der Waals surface area contributed by atoms with E-state index < -0.39 is 0 Å². The molecule has 0 saturated heterocycles. The van der Waals surface area contributed by atoms with E-state index in [0.29, 0.717) is 13.1 Å². The molecule has 4 nitrogen and oxygen atoms in total. The van der Waals surface area contributed by atoms with Crippen molar-refractivity contribution >= 4 is 5.91 Å². The summed E-state index contributed by atoms with van der Waals surface area (Å²) in [5, 5.41) is 3.08. The third-order valence-electron chi connectivity index (χ3n) is 3.49. The van der Waals surface area contributed by atoms with Gasteiger partial charge in [0.2, 0.25) is 5.91 Å². The average molecular weight is 292 g/mol. The highest BCUT2D eigenvalue weighted by atomic mass is 16.5. The van der Waals surface area contributed by atoms with Crippen molar-refractivity contribution in [3.8, 4) is 0 Å². The fourth-order valence-electron chi connectivity index (χ4n) is 2.33. The van der Waals surface area contributed by atoms with Crippen molar-refractivity contribution in [2.45, 2.75) is 26.3 Å². The molecule has 0 saturated carbocycles. The number of benzene rings is 1. The van der Waals surface area contributed by atoms with Crippen LogP contribution in [0.1, 0.15) is 25.3 Å². The first-order valence-electron chi connectivity index (χ1n) is 7.65. The highest BCUT2D eigenvalue weighted by Gasteiger charge is 2.19. The maximum absolute atomic E-state index is 12.6. The first kappa shape index (κ1) is 17.7. The zero-order chi connectivity index (χ0) is 15.5. The molecule has 21 heavy (non-hydrogen) atoms. The monoisotopic (exact) mass is 292 g/mol. The standard InChI is InChI=1S/C17H28N2O2/c1-15(13-18-2)17(20)19(11-7-8-12-21-3)14-16-9-5-4-6-10-16/h4-6,9-10,15,18H,7-8,11-14H2,1-3H3. The topological polar surface area (TPSA) is 41.6 Å². The molecule has 0 bridgehead atoms. The second-order valence-electron chi connectivity index (χ2n) is 5.40. The van der Waals surface area contributed by atoms with Crippen molar-refractivity contribution < 1.29 is 9.53 Å². The van der Waals surface area contributed by atoms with Crippen LogP contribution < -0.4 is 5.32 Å². The SMILES string of the molecule is CNCC(C)C(=O)N(CCCCOC)Cc1ccccc1. The molecule has 1 aromatic carbocycles. The van der Waals surface area contributed by atoms with Gasteiger partial charge in [-0.3, -0.25) is 4.79 Å². The number of carbonyl (C=O) groups is 1. The van der Waals surface area contributed by atoms with Crippen molar-refractivity contribution in [2.24, 2.45) is 5.92 Å². The van der Waals surface area contributed by atoms with Crippen LogP contribution in [-0.2, 0) is 16.1 Å². The summed E-state index contributed by atoms with van der Waals surface area (Å²) in [5.41, 5.74) is 1.18. The lowest BCUT2D eigenvalue weighted by Gasteiger charge is -2.26. The summed E-state index contributed by atoms with van der Waals surface area (Å²) in [4.78, 5) is 14.5. The van der Waals surface area contributed by atoms with E-state index in [4.69, 9.17) is 4.74 Å². The van der Waals surface area contributed by atoms with Crippen molar-refractivity contribution in [1.82, 2.24) is 10.2 Å². The van der Waals surface area contributed by atoms with Gasteiger partial charge in [0.15, 0.2) is 0 Å². The van der Waals surface area contributed by atoms with Gasteiger partial charge in [-0.25, -0.2) is 0 Å². The van der Waals surface area contributed by atoms with Gasteiger partial charge in [0.1, 0.15) is 0 Å². The number of carbonyl (C=O) groups excluding carboxylic acids is 1. The second-order valence-corrected chi connectivity index (χ2v) is 5.40. The predicted octanol–water partition coefficient (Wildman–Crippen LogP) is 2.30. The summed E-state index contributed by atoms with van der Waals surface area (Å²) in [7, 11) is 3.59. The van der Waals surface area contributed by atoms with Crippen LogP contribution in [0.3, 0.4) is 0 Å². The van der Waals surface area contributed by atoms with Gasteiger partial charge in [-0.15, -0.1) is 0 Å². The first-order chi connectivity index (χ1) is 10.2. The van der Waals surface area contributed by atoms with Crippen LogP contribution in [0.15, 0.2) is 30.3 Å². The Bertz CT molecular complexity index is 395. The molecule has 1 atom stereocenters. The molecule has 118 valence electrons. The average Bonchev–Trinajstić information content (AvgIpc) is 2.51. The van der Waals surface area contributed by atoms with Crippen LogP contribution in [-0.4, -0.2) is 44.7 Å². The smallest absolute Gasteiger partial charge is 0.226 e. The lowest BCUT2D eigenvalue weighted by atomic mass is 10.1. The zero-order valence-electron chi connectivity index (χ0n) is 13.5. The molecule has 1 N–H and O–H groups in total. The van der Waals surface area contributed by atoms with Gasteiger partial charge >= 0.3 is 0 Å². The van der Waals surface area contributed by atoms with Gasteiger partial charge < -0.3 is 15.0 Å². The number of amides is 1. The summed E-state index contributed by atoms with van der Waals surface area (Å²) in [5.74, 6) is 0.215. The molecule has 1 unspecified atom stereocenters. The zero-order valence-corrected chi connectivity index (χ0v) is 13.5. The quantitative estimate of drug-likeness (QED) is 0.673. The summed E-state index contributed by atoms with van der Waals surface area (Å²) in [6, 6.07) is 10.2. The molecule has 0 fully saturated rings. The van der Waals surface area contributed by atoms with E-state index in [1.165, 1.54) is 5.56 Å². The van der Waals surface area contributed by atoms with E-state index in [1.54, 1.807) is 7.11 Å². The molecular weight excluding hydrogens is 264 g/mol. The Morgan fingerprint density at radius 3 is 2.62 bits per heavy atom. The normalized spacial score (nSPS) is 12.1. The number of nitrogens with one attached hydrogen (secondary N) is 1. The molecule has 4 heteroatoms. The van der Waals surface area contributed by atoms with E-state index in [1.807, 2.05) is 37.1 Å². The Balaban J connectivity index is 2.62. The fourth-order valence-corrected chi connectivity index (χ4v) is 2.33. The van der Waals surface area contributed by atoms with Gasteiger partial charge in [0.05, 0.1) is 0 Å². The minimum atomic E-state index is 0.00105. The van der Waals surface area contributed by atoms with Crippen LogP contribution in [0.2, 0.25) is 0 Å². The van der Waals surface area contributed by atoms with Gasteiger partial charge in [-0.2, -0.15) is 0 Å². The maximum atomic E-state index is 12.6. The van der Waals surface area contributed by atoms with Crippen molar-refractivity contribution in [3.05, 3.63) is 35.9 Å². The van der Waals surface area contributed by atoms with E-state index >= 15 is 0 Å². The Morgan fingerprint density at radius 1 is 1.29 bits per heavy atom. The predicted molar refractivity (Wildman–Crippen MR) is 86.1 cm³/mol. The molecule has 0 spiro atoms. The highest BCUT2D eigenvalue weighted by molar-refractivity contribution is 5.78. The van der Waals surface area contributed by atoms with Crippen LogP contribution in [0.4, 0.5) is 0 Å². The Labute approximate surface area is 128 Å². The van der Waals surface area contributed by atoms with Gasteiger partial charge in [-0.1, -0.05) is 37.3 Å². The third kappa shape index (κ3) is 6.74. The van der Waals surface area contributed by atoms with E-state index in [9.17, 15) is 4.79 Å². The Hall–Kier alpha value is -1.39. The summed E-state index contributed by atoms with van der Waals surface area (Å²) >= 11 is 0. The molecule has 0 aromatic heterocycles. The molecule has 1 aromatic rings. The number of nitrogens with zero attached hydrogens (tertiary/aromatic N) is 1. The second kappa shape index (κ2) is 10.4. The number of hydrogen-bond donors (Lipinski definition) is 1. The van der Waals surface area contributed by atoms with Crippen LogP contribution in [0, 0.1) is 5.92 Å². The number of methoxy groups -OCH3 is 1. The highest BCUT2D eigenvalue weighted by Crippen LogP contribution is 2.10. The fraction of sp³-hybridized carbons (Fsp3) is 0.588.